The number of nitrogens with one attached hydrogen (secondary N) is 1. The van der Waals surface area contributed by atoms with Crippen molar-refractivity contribution in [2.45, 2.75) is 150 Å². The Morgan fingerprint density at radius 2 is 1.22 bits per heavy atom. The van der Waals surface area contributed by atoms with E-state index in [2.05, 4.69) is 58.7 Å². The lowest BCUT2D eigenvalue weighted by Gasteiger charge is -2.45. The first-order valence-corrected chi connectivity index (χ1v) is 18.4. The maximum absolute atomic E-state index is 14.6. The van der Waals surface area contributed by atoms with Crippen LogP contribution in [0.4, 0.5) is 5.69 Å². The Kier molecular flexibility index (Phi) is 12.2. The normalized spacial score (nSPS) is 29.0. The summed E-state index contributed by atoms with van der Waals surface area (Å²) in [6, 6.07) is 5.48. The van der Waals surface area contributed by atoms with Gasteiger partial charge in [0.1, 0.15) is 0 Å². The van der Waals surface area contributed by atoms with Crippen molar-refractivity contribution in [3.8, 4) is 0 Å². The summed E-state index contributed by atoms with van der Waals surface area (Å²) in [6.07, 6.45) is 15.0. The monoisotopic (exact) mass is 621 g/mol. The molecule has 6 heteroatoms. The number of amides is 3. The lowest BCUT2D eigenvalue weighted by molar-refractivity contribution is -0.121. The second kappa shape index (κ2) is 15.5. The molecule has 45 heavy (non-hydrogen) atoms. The first kappa shape index (κ1) is 35.5. The summed E-state index contributed by atoms with van der Waals surface area (Å²) in [6.45, 7) is 16.1. The lowest BCUT2D eigenvalue weighted by Crippen LogP contribution is -2.50. The van der Waals surface area contributed by atoms with E-state index in [-0.39, 0.29) is 40.8 Å². The maximum atomic E-state index is 14.6. The van der Waals surface area contributed by atoms with Crippen LogP contribution in [0.25, 0.3) is 0 Å². The molecule has 0 spiro atoms. The summed E-state index contributed by atoms with van der Waals surface area (Å²) in [5.41, 5.74) is 7.26. The first-order valence-electron chi connectivity index (χ1n) is 18.4. The molecule has 0 radical (unpaired) electrons. The molecule has 3 amide bonds. The van der Waals surface area contributed by atoms with Crippen molar-refractivity contribution in [2.75, 3.05) is 5.32 Å². The molecule has 4 rings (SSSR count). The van der Waals surface area contributed by atoms with Crippen molar-refractivity contribution >= 4 is 23.4 Å². The van der Waals surface area contributed by atoms with Gasteiger partial charge in [-0.05, 0) is 130 Å². The number of carbonyl (C=O) groups is 3. The Balaban J connectivity index is 1.55. The number of nitrogens with zero attached hydrogens (tertiary/aromatic N) is 1. The third-order valence-corrected chi connectivity index (χ3v) is 12.5. The Hall–Kier alpha value is -2.37. The molecule has 3 N–H and O–H groups in total. The van der Waals surface area contributed by atoms with Crippen molar-refractivity contribution in [3.05, 3.63) is 29.3 Å². The molecule has 2 unspecified atom stereocenters. The molecule has 1 aromatic rings. The lowest BCUT2D eigenvalue weighted by atomic mass is 9.69. The maximum Gasteiger partial charge on any atom is 0.254 e. The van der Waals surface area contributed by atoms with Crippen molar-refractivity contribution in [3.63, 3.8) is 0 Å². The Morgan fingerprint density at radius 1 is 0.756 bits per heavy atom. The summed E-state index contributed by atoms with van der Waals surface area (Å²) in [7, 11) is 0. The molecule has 0 aromatic heterocycles. The number of hydrogen-bond acceptors (Lipinski definition) is 3. The summed E-state index contributed by atoms with van der Waals surface area (Å²) in [5, 5.41) is 3.09. The van der Waals surface area contributed by atoms with Crippen LogP contribution < -0.4 is 11.1 Å². The predicted octanol–water partition coefficient (Wildman–Crippen LogP) is 9.23. The molecule has 0 saturated heterocycles. The van der Waals surface area contributed by atoms with Crippen molar-refractivity contribution < 1.29 is 14.4 Å². The van der Waals surface area contributed by atoms with Gasteiger partial charge in [-0.15, -0.1) is 0 Å². The highest BCUT2D eigenvalue weighted by Crippen LogP contribution is 2.41. The second-order valence-electron chi connectivity index (χ2n) is 16.2. The summed E-state index contributed by atoms with van der Waals surface area (Å²) in [5.74, 6) is 2.81. The molecule has 0 bridgehead atoms. The van der Waals surface area contributed by atoms with Crippen molar-refractivity contribution in [1.82, 2.24) is 4.90 Å². The number of hydrogen-bond donors (Lipinski definition) is 2. The fourth-order valence-corrected chi connectivity index (χ4v) is 8.77. The van der Waals surface area contributed by atoms with Crippen LogP contribution >= 0.6 is 0 Å². The van der Waals surface area contributed by atoms with Gasteiger partial charge in [-0.25, -0.2) is 0 Å². The number of carbonyl (C=O) groups excluding carboxylic acids is 3. The Labute approximate surface area is 274 Å². The molecular weight excluding hydrogens is 558 g/mol. The van der Waals surface area contributed by atoms with Gasteiger partial charge >= 0.3 is 0 Å². The van der Waals surface area contributed by atoms with Crippen LogP contribution in [-0.2, 0) is 4.79 Å². The van der Waals surface area contributed by atoms with E-state index in [1.165, 1.54) is 12.8 Å². The summed E-state index contributed by atoms with van der Waals surface area (Å²) < 4.78 is 0. The van der Waals surface area contributed by atoms with Crippen molar-refractivity contribution in [1.29, 1.82) is 0 Å². The minimum Gasteiger partial charge on any atom is -0.366 e. The van der Waals surface area contributed by atoms with Crippen LogP contribution in [-0.4, -0.2) is 34.7 Å². The van der Waals surface area contributed by atoms with Gasteiger partial charge in [-0.3, -0.25) is 14.4 Å². The summed E-state index contributed by atoms with van der Waals surface area (Å²) in [4.78, 5) is 42.7. The van der Waals surface area contributed by atoms with E-state index >= 15 is 0 Å². The number of nitrogens with two attached hydrogens (primary N) is 1. The molecule has 3 aliphatic rings. The van der Waals surface area contributed by atoms with Gasteiger partial charge in [0.2, 0.25) is 11.8 Å². The average Bonchev–Trinajstić information content (AvgIpc) is 3.04. The Morgan fingerprint density at radius 3 is 1.64 bits per heavy atom. The zero-order chi connectivity index (χ0) is 32.9. The standard InChI is InChI=1S/C39H63N3O3/c1-8-25(3)27-12-18-34(19-13-27)42(35-20-14-28(15-21-35)26(4)9-2)38(45)31-22-30(36(40)43)23-33(24-31)41-37(44)29-10-16-32(17-11-29)39(5,6)7/h22-29,32,34-35H,8-21H2,1-7H3,(H2,40,43)(H,41,44)/t25?,26?,27-,28-,29?,32?,34+,35+. The van der Waals surface area contributed by atoms with Gasteiger partial charge < -0.3 is 16.0 Å². The first-order chi connectivity index (χ1) is 21.3. The van der Waals surface area contributed by atoms with Gasteiger partial charge in [0, 0.05) is 34.8 Å². The van der Waals surface area contributed by atoms with E-state index in [1.807, 2.05) is 0 Å². The van der Waals surface area contributed by atoms with E-state index in [1.54, 1.807) is 18.2 Å². The molecule has 3 saturated carbocycles. The fraction of sp³-hybridized carbons (Fsp3) is 0.769. The van der Waals surface area contributed by atoms with E-state index < -0.39 is 5.91 Å². The molecule has 3 aliphatic carbocycles. The minimum atomic E-state index is -0.583. The molecule has 1 aromatic carbocycles. The predicted molar refractivity (Wildman–Crippen MR) is 185 cm³/mol. The number of primary amides is 1. The van der Waals surface area contributed by atoms with Gasteiger partial charge in [0.25, 0.3) is 5.91 Å². The highest BCUT2D eigenvalue weighted by molar-refractivity contribution is 6.02. The van der Waals surface area contributed by atoms with E-state index in [9.17, 15) is 14.4 Å². The number of anilines is 1. The van der Waals surface area contributed by atoms with E-state index in [4.69, 9.17) is 5.73 Å². The van der Waals surface area contributed by atoms with Crippen molar-refractivity contribution in [2.24, 2.45) is 46.7 Å². The molecule has 252 valence electrons. The SMILES string of the molecule is CCC(C)[C@H]1CC[C@@H](N(C(=O)c2cc(NC(=O)C3CCC(C(C)(C)C)CC3)cc(C(N)=O)c2)[C@H]2CC[C@@H](C(C)CC)CC2)CC1. The average molecular weight is 622 g/mol. The number of rotatable bonds is 10. The highest BCUT2D eigenvalue weighted by Gasteiger charge is 2.38. The molecule has 3 fully saturated rings. The zero-order valence-electron chi connectivity index (χ0n) is 29.5. The van der Waals surface area contributed by atoms with Crippen LogP contribution in [0, 0.1) is 40.9 Å². The summed E-state index contributed by atoms with van der Waals surface area (Å²) >= 11 is 0. The molecule has 0 heterocycles. The molecule has 0 aliphatic heterocycles. The molecule has 2 atom stereocenters. The number of benzene rings is 1. The topological polar surface area (TPSA) is 92.5 Å². The van der Waals surface area contributed by atoms with Gasteiger partial charge in [-0.1, -0.05) is 61.3 Å². The van der Waals surface area contributed by atoms with Crippen LogP contribution in [0.5, 0.6) is 0 Å². The highest BCUT2D eigenvalue weighted by atomic mass is 16.2. The van der Waals surface area contributed by atoms with Crippen LogP contribution in [0.2, 0.25) is 0 Å². The van der Waals surface area contributed by atoms with E-state index in [0.29, 0.717) is 29.0 Å². The quantitative estimate of drug-likeness (QED) is 0.273. The molecular formula is C39H63N3O3. The Bertz CT molecular complexity index is 1120. The molecule has 6 nitrogen and oxygen atoms in total. The minimum absolute atomic E-state index is 0.0155. The van der Waals surface area contributed by atoms with Crippen LogP contribution in [0.15, 0.2) is 18.2 Å². The van der Waals surface area contributed by atoms with E-state index in [0.717, 1.165) is 88.9 Å². The van der Waals surface area contributed by atoms with Gasteiger partial charge in [-0.2, -0.15) is 0 Å². The third-order valence-electron chi connectivity index (χ3n) is 12.5. The fourth-order valence-electron chi connectivity index (χ4n) is 8.77. The van der Waals surface area contributed by atoms with Crippen LogP contribution in [0.3, 0.4) is 0 Å². The van der Waals surface area contributed by atoms with Gasteiger partial charge in [0.15, 0.2) is 0 Å². The van der Waals surface area contributed by atoms with Gasteiger partial charge in [0.05, 0.1) is 0 Å². The zero-order valence-corrected chi connectivity index (χ0v) is 29.5. The largest absolute Gasteiger partial charge is 0.366 e. The smallest absolute Gasteiger partial charge is 0.254 e. The van der Waals surface area contributed by atoms with Crippen LogP contribution in [0.1, 0.15) is 159 Å². The third kappa shape index (κ3) is 8.92. The second-order valence-corrected chi connectivity index (χ2v) is 16.2.